The first-order chi connectivity index (χ1) is 16.3. The maximum absolute atomic E-state index is 13.1. The lowest BCUT2D eigenvalue weighted by molar-refractivity contribution is -0.385. The number of carbonyl (C=O) groups is 1. The van der Waals surface area contributed by atoms with Gasteiger partial charge in [-0.25, -0.2) is 8.42 Å². The van der Waals surface area contributed by atoms with Crippen LogP contribution in [0.15, 0.2) is 53.4 Å². The number of benzene rings is 2. The van der Waals surface area contributed by atoms with E-state index in [2.05, 4.69) is 5.32 Å². The number of morpholine rings is 1. The van der Waals surface area contributed by atoms with Crippen molar-refractivity contribution in [2.24, 2.45) is 0 Å². The van der Waals surface area contributed by atoms with Gasteiger partial charge in [-0.2, -0.15) is 4.31 Å². The Bertz CT molecular complexity index is 1170. The van der Waals surface area contributed by atoms with Crippen LogP contribution >= 0.6 is 0 Å². The number of carbonyl (C=O) groups excluding carboxylic acids is 1. The fourth-order valence-electron chi connectivity index (χ4n) is 3.69. The van der Waals surface area contributed by atoms with Crippen molar-refractivity contribution >= 4 is 39.1 Å². The third-order valence-corrected chi connectivity index (χ3v) is 7.38. The van der Waals surface area contributed by atoms with Crippen LogP contribution in [0.2, 0.25) is 0 Å². The van der Waals surface area contributed by atoms with Crippen LogP contribution in [0.3, 0.4) is 0 Å². The minimum atomic E-state index is -3.76. The Kier molecular flexibility index (Phi) is 8.37. The molecule has 0 aliphatic carbocycles. The number of nitro groups is 1. The van der Waals surface area contributed by atoms with Gasteiger partial charge < -0.3 is 15.0 Å². The van der Waals surface area contributed by atoms with E-state index in [-0.39, 0.29) is 29.2 Å². The number of nitrogens with one attached hydrogen (secondary N) is 1. The van der Waals surface area contributed by atoms with Gasteiger partial charge in [-0.1, -0.05) is 12.1 Å². The van der Waals surface area contributed by atoms with Crippen LogP contribution in [0.4, 0.5) is 17.1 Å². The molecule has 1 aliphatic heterocycles. The third kappa shape index (κ3) is 5.79. The number of amides is 1. The van der Waals surface area contributed by atoms with Crippen LogP contribution < -0.4 is 10.2 Å². The SMILES string of the molecule is CCN(CC)c1ccc(S(=O)(=O)N2CCOCC2)cc1NC(=O)/C=C/c1ccccc1[N+](=O)[O-]. The summed E-state index contributed by atoms with van der Waals surface area (Å²) in [6.07, 6.45) is 2.55. The topological polar surface area (TPSA) is 122 Å². The van der Waals surface area contributed by atoms with E-state index >= 15 is 0 Å². The largest absolute Gasteiger partial charge is 0.379 e. The maximum Gasteiger partial charge on any atom is 0.276 e. The van der Waals surface area contributed by atoms with Gasteiger partial charge in [0.1, 0.15) is 0 Å². The molecule has 0 aromatic heterocycles. The lowest BCUT2D eigenvalue weighted by Crippen LogP contribution is -2.40. The molecule has 2 aromatic rings. The van der Waals surface area contributed by atoms with E-state index in [0.717, 1.165) is 0 Å². The number of sulfonamides is 1. The molecule has 0 bridgehead atoms. The standard InChI is InChI=1S/C23H28N4O6S/c1-3-25(4-2)22-11-10-19(34(31,32)26-13-15-33-16-14-26)17-20(22)24-23(28)12-9-18-7-5-6-8-21(18)27(29)30/h5-12,17H,3-4,13-16H2,1-2H3,(H,24,28)/b12-9+. The van der Waals surface area contributed by atoms with Gasteiger partial charge in [0.05, 0.1) is 40.0 Å². The average molecular weight is 489 g/mol. The molecule has 1 saturated heterocycles. The molecule has 0 atom stereocenters. The third-order valence-electron chi connectivity index (χ3n) is 5.49. The van der Waals surface area contributed by atoms with Gasteiger partial charge in [-0.3, -0.25) is 14.9 Å². The summed E-state index contributed by atoms with van der Waals surface area (Å²) < 4.78 is 32.9. The summed E-state index contributed by atoms with van der Waals surface area (Å²) in [4.78, 5) is 25.5. The predicted molar refractivity (Wildman–Crippen MR) is 130 cm³/mol. The molecule has 1 heterocycles. The van der Waals surface area contributed by atoms with Crippen LogP contribution in [-0.4, -0.2) is 62.9 Å². The van der Waals surface area contributed by atoms with E-state index in [4.69, 9.17) is 4.74 Å². The van der Waals surface area contributed by atoms with Crippen molar-refractivity contribution in [1.82, 2.24) is 4.31 Å². The van der Waals surface area contributed by atoms with Crippen LogP contribution in [0.5, 0.6) is 0 Å². The summed E-state index contributed by atoms with van der Waals surface area (Å²) in [5.41, 5.74) is 1.19. The number of hydrogen-bond donors (Lipinski definition) is 1. The predicted octanol–water partition coefficient (Wildman–Crippen LogP) is 3.11. The van der Waals surface area contributed by atoms with Crippen molar-refractivity contribution in [2.45, 2.75) is 18.7 Å². The number of hydrogen-bond acceptors (Lipinski definition) is 7. The van der Waals surface area contributed by atoms with Gasteiger partial charge in [0.25, 0.3) is 5.69 Å². The zero-order valence-corrected chi connectivity index (χ0v) is 20.0. The first-order valence-corrected chi connectivity index (χ1v) is 12.4. The van der Waals surface area contributed by atoms with Gasteiger partial charge >= 0.3 is 0 Å². The molecule has 11 heteroatoms. The van der Waals surface area contributed by atoms with E-state index in [1.54, 1.807) is 24.3 Å². The van der Waals surface area contributed by atoms with Crippen LogP contribution in [-0.2, 0) is 19.6 Å². The van der Waals surface area contributed by atoms with Gasteiger partial charge in [-0.05, 0) is 44.2 Å². The average Bonchev–Trinajstić information content (AvgIpc) is 2.85. The Morgan fingerprint density at radius 1 is 1.18 bits per heavy atom. The fourth-order valence-corrected chi connectivity index (χ4v) is 5.12. The lowest BCUT2D eigenvalue weighted by atomic mass is 10.1. The Balaban J connectivity index is 1.92. The molecule has 34 heavy (non-hydrogen) atoms. The zero-order chi connectivity index (χ0) is 24.7. The minimum Gasteiger partial charge on any atom is -0.379 e. The molecule has 2 aromatic carbocycles. The molecule has 0 unspecified atom stereocenters. The van der Waals surface area contributed by atoms with Crippen molar-refractivity contribution in [3.8, 4) is 0 Å². The Morgan fingerprint density at radius 2 is 1.85 bits per heavy atom. The number of nitrogens with zero attached hydrogens (tertiary/aromatic N) is 3. The molecule has 0 spiro atoms. The van der Waals surface area contributed by atoms with Crippen LogP contribution in [0.25, 0.3) is 6.08 Å². The second-order valence-electron chi connectivity index (χ2n) is 7.51. The Hall–Kier alpha value is -3.28. The molecule has 10 nitrogen and oxygen atoms in total. The van der Waals surface area contributed by atoms with Crippen LogP contribution in [0, 0.1) is 10.1 Å². The summed E-state index contributed by atoms with van der Waals surface area (Å²) in [5.74, 6) is -0.535. The molecule has 1 aliphatic rings. The first-order valence-electron chi connectivity index (χ1n) is 11.0. The smallest absolute Gasteiger partial charge is 0.276 e. The highest BCUT2D eigenvalue weighted by Gasteiger charge is 2.27. The number of para-hydroxylation sites is 1. The summed E-state index contributed by atoms with van der Waals surface area (Å²) >= 11 is 0. The molecule has 1 amide bonds. The fraction of sp³-hybridized carbons (Fsp3) is 0.348. The van der Waals surface area contributed by atoms with E-state index in [1.165, 1.54) is 34.7 Å². The summed E-state index contributed by atoms with van der Waals surface area (Å²) in [7, 11) is -3.76. The van der Waals surface area contributed by atoms with Gasteiger partial charge in [-0.15, -0.1) is 0 Å². The van der Waals surface area contributed by atoms with Crippen LogP contribution in [0.1, 0.15) is 19.4 Å². The maximum atomic E-state index is 13.1. The molecule has 0 saturated carbocycles. The van der Waals surface area contributed by atoms with E-state index in [1.807, 2.05) is 18.7 Å². The summed E-state index contributed by atoms with van der Waals surface area (Å²) in [6, 6.07) is 10.8. The lowest BCUT2D eigenvalue weighted by Gasteiger charge is -2.28. The quantitative estimate of drug-likeness (QED) is 0.327. The van der Waals surface area contributed by atoms with Gasteiger partial charge in [0.2, 0.25) is 15.9 Å². The molecule has 0 radical (unpaired) electrons. The first kappa shape index (κ1) is 25.3. The molecule has 1 fully saturated rings. The minimum absolute atomic E-state index is 0.0725. The Morgan fingerprint density at radius 3 is 2.50 bits per heavy atom. The Labute approximate surface area is 199 Å². The second-order valence-corrected chi connectivity index (χ2v) is 9.44. The van der Waals surface area contributed by atoms with Gasteiger partial charge in [0, 0.05) is 38.3 Å². The summed E-state index contributed by atoms with van der Waals surface area (Å²) in [6.45, 7) is 6.42. The second kappa shape index (κ2) is 11.2. The molecular formula is C23H28N4O6S. The zero-order valence-electron chi connectivity index (χ0n) is 19.1. The van der Waals surface area contributed by atoms with E-state index < -0.39 is 20.9 Å². The number of nitro benzene ring substituents is 1. The highest BCUT2D eigenvalue weighted by Crippen LogP contribution is 2.31. The van der Waals surface area contributed by atoms with Crippen molar-refractivity contribution in [3.63, 3.8) is 0 Å². The van der Waals surface area contributed by atoms with Crippen molar-refractivity contribution in [3.05, 3.63) is 64.2 Å². The highest BCUT2D eigenvalue weighted by molar-refractivity contribution is 7.89. The number of ether oxygens (including phenoxy) is 1. The van der Waals surface area contributed by atoms with E-state index in [9.17, 15) is 23.3 Å². The molecule has 1 N–H and O–H groups in total. The van der Waals surface area contributed by atoms with E-state index in [0.29, 0.717) is 37.7 Å². The summed E-state index contributed by atoms with van der Waals surface area (Å²) in [5, 5.41) is 14.0. The number of rotatable bonds is 9. The van der Waals surface area contributed by atoms with Gasteiger partial charge in [0.15, 0.2) is 0 Å². The van der Waals surface area contributed by atoms with Crippen molar-refractivity contribution < 1.29 is 22.9 Å². The highest BCUT2D eigenvalue weighted by atomic mass is 32.2. The molecule has 3 rings (SSSR count). The molecule has 182 valence electrons. The normalized spacial score (nSPS) is 14.8. The molecular weight excluding hydrogens is 460 g/mol. The van der Waals surface area contributed by atoms with Crippen molar-refractivity contribution in [1.29, 1.82) is 0 Å². The van der Waals surface area contributed by atoms with Crippen molar-refractivity contribution in [2.75, 3.05) is 49.6 Å². The number of anilines is 2. The monoisotopic (exact) mass is 488 g/mol.